The Kier molecular flexibility index (Phi) is 6.61. The molecule has 0 aromatic heterocycles. The van der Waals surface area contributed by atoms with Crippen molar-refractivity contribution in [3.05, 3.63) is 71.5 Å². The van der Waals surface area contributed by atoms with Gasteiger partial charge in [-0.3, -0.25) is 4.90 Å². The van der Waals surface area contributed by atoms with Gasteiger partial charge in [0.15, 0.2) is 0 Å². The number of benzene rings is 2. The molecule has 2 aromatic carbocycles. The van der Waals surface area contributed by atoms with Crippen LogP contribution in [0.2, 0.25) is 0 Å². The van der Waals surface area contributed by atoms with Crippen LogP contribution in [0.25, 0.3) is 0 Å². The maximum atomic E-state index is 12.9. The summed E-state index contributed by atoms with van der Waals surface area (Å²) < 4.78 is 12.9. The van der Waals surface area contributed by atoms with Crippen LogP contribution < -0.4 is 5.32 Å². The highest BCUT2D eigenvalue weighted by molar-refractivity contribution is 5.74. The summed E-state index contributed by atoms with van der Waals surface area (Å²) >= 11 is 0. The second-order valence-electron chi connectivity index (χ2n) is 6.70. The summed E-state index contributed by atoms with van der Waals surface area (Å²) in [4.78, 5) is 16.6. The second kappa shape index (κ2) is 9.34. The van der Waals surface area contributed by atoms with Crippen LogP contribution >= 0.6 is 0 Å². The van der Waals surface area contributed by atoms with Crippen molar-refractivity contribution < 1.29 is 9.18 Å². The van der Waals surface area contributed by atoms with Crippen molar-refractivity contribution in [2.75, 3.05) is 32.7 Å². The van der Waals surface area contributed by atoms with E-state index in [4.69, 9.17) is 0 Å². The van der Waals surface area contributed by atoms with E-state index in [1.54, 1.807) is 0 Å². The molecule has 1 saturated heterocycles. The first kappa shape index (κ1) is 18.4. The fourth-order valence-electron chi connectivity index (χ4n) is 3.22. The Balaban J connectivity index is 1.33. The number of carbonyl (C=O) groups is 1. The van der Waals surface area contributed by atoms with E-state index in [0.717, 1.165) is 51.1 Å². The Bertz CT molecular complexity index is 682. The summed E-state index contributed by atoms with van der Waals surface area (Å²) in [6.45, 7) is 4.91. The van der Waals surface area contributed by atoms with Gasteiger partial charge in [-0.1, -0.05) is 42.5 Å². The molecule has 5 heteroatoms. The quantitative estimate of drug-likeness (QED) is 0.863. The molecule has 2 aromatic rings. The van der Waals surface area contributed by atoms with E-state index in [0.29, 0.717) is 6.54 Å². The minimum atomic E-state index is -0.185. The number of hydrogen-bond donors (Lipinski definition) is 1. The Hall–Kier alpha value is -2.40. The molecular weight excluding hydrogens is 329 g/mol. The van der Waals surface area contributed by atoms with Crippen LogP contribution in [0.4, 0.5) is 9.18 Å². The van der Waals surface area contributed by atoms with Crippen molar-refractivity contribution in [3.63, 3.8) is 0 Å². The molecule has 1 fully saturated rings. The zero-order valence-corrected chi connectivity index (χ0v) is 15.0. The zero-order chi connectivity index (χ0) is 18.2. The Labute approximate surface area is 154 Å². The summed E-state index contributed by atoms with van der Waals surface area (Å²) in [5, 5.41) is 2.99. The van der Waals surface area contributed by atoms with Gasteiger partial charge in [-0.2, -0.15) is 0 Å². The number of hydrogen-bond acceptors (Lipinski definition) is 2. The lowest BCUT2D eigenvalue weighted by Crippen LogP contribution is -2.51. The first-order valence-electron chi connectivity index (χ1n) is 9.24. The lowest BCUT2D eigenvalue weighted by Gasteiger charge is -2.34. The molecule has 1 N–H and O–H groups in total. The zero-order valence-electron chi connectivity index (χ0n) is 15.0. The van der Waals surface area contributed by atoms with Gasteiger partial charge >= 0.3 is 6.03 Å². The monoisotopic (exact) mass is 355 g/mol. The van der Waals surface area contributed by atoms with Gasteiger partial charge in [0.2, 0.25) is 0 Å². The smallest absolute Gasteiger partial charge is 0.317 e. The van der Waals surface area contributed by atoms with Gasteiger partial charge in [0.25, 0.3) is 0 Å². The molecule has 0 bridgehead atoms. The summed E-state index contributed by atoms with van der Waals surface area (Å²) in [6.07, 6.45) is 2.00. The molecule has 0 radical (unpaired) electrons. The molecule has 1 heterocycles. The molecule has 0 atom stereocenters. The van der Waals surface area contributed by atoms with Gasteiger partial charge in [0.1, 0.15) is 5.82 Å². The topological polar surface area (TPSA) is 35.6 Å². The number of aryl methyl sites for hydroxylation is 1. The van der Waals surface area contributed by atoms with Gasteiger partial charge in [-0.05, 0) is 42.6 Å². The summed E-state index contributed by atoms with van der Waals surface area (Å²) in [5.41, 5.74) is 2.28. The van der Waals surface area contributed by atoms with Crippen LogP contribution in [-0.2, 0) is 13.0 Å². The third-order valence-corrected chi connectivity index (χ3v) is 4.80. The highest BCUT2D eigenvalue weighted by atomic mass is 19.1. The van der Waals surface area contributed by atoms with Gasteiger partial charge in [0, 0.05) is 32.7 Å². The summed E-state index contributed by atoms with van der Waals surface area (Å²) in [6, 6.07) is 16.7. The van der Waals surface area contributed by atoms with E-state index >= 15 is 0 Å². The maximum absolute atomic E-state index is 12.9. The lowest BCUT2D eigenvalue weighted by molar-refractivity contribution is 0.138. The number of nitrogens with one attached hydrogen (secondary N) is 1. The molecule has 138 valence electrons. The average molecular weight is 355 g/mol. The number of amides is 2. The Morgan fingerprint density at radius 3 is 2.31 bits per heavy atom. The summed E-state index contributed by atoms with van der Waals surface area (Å²) in [7, 11) is 0. The first-order valence-corrected chi connectivity index (χ1v) is 9.24. The van der Waals surface area contributed by atoms with Crippen molar-refractivity contribution in [3.8, 4) is 0 Å². The van der Waals surface area contributed by atoms with Crippen LogP contribution in [0, 0.1) is 5.82 Å². The maximum Gasteiger partial charge on any atom is 0.317 e. The van der Waals surface area contributed by atoms with E-state index in [2.05, 4.69) is 10.2 Å². The van der Waals surface area contributed by atoms with Crippen molar-refractivity contribution in [2.45, 2.75) is 19.4 Å². The van der Waals surface area contributed by atoms with E-state index in [-0.39, 0.29) is 11.8 Å². The van der Waals surface area contributed by atoms with E-state index < -0.39 is 0 Å². The third-order valence-electron chi connectivity index (χ3n) is 4.80. The first-order chi connectivity index (χ1) is 12.7. The Morgan fingerprint density at radius 2 is 1.62 bits per heavy atom. The van der Waals surface area contributed by atoms with Crippen LogP contribution in [0.1, 0.15) is 17.5 Å². The number of nitrogens with zero attached hydrogens (tertiary/aromatic N) is 2. The third kappa shape index (κ3) is 5.56. The molecule has 2 amide bonds. The van der Waals surface area contributed by atoms with Crippen molar-refractivity contribution in [2.24, 2.45) is 0 Å². The van der Waals surface area contributed by atoms with Crippen LogP contribution in [0.15, 0.2) is 54.6 Å². The normalized spacial score (nSPS) is 15.0. The van der Waals surface area contributed by atoms with Gasteiger partial charge in [0.05, 0.1) is 0 Å². The molecule has 1 aliphatic rings. The fourth-order valence-corrected chi connectivity index (χ4v) is 3.22. The lowest BCUT2D eigenvalue weighted by atomic mass is 10.1. The van der Waals surface area contributed by atoms with E-state index in [1.807, 2.05) is 47.4 Å². The largest absolute Gasteiger partial charge is 0.334 e. The minimum Gasteiger partial charge on any atom is -0.334 e. The number of piperazine rings is 1. The number of carbonyl (C=O) groups excluding carboxylic acids is 1. The molecule has 0 aliphatic carbocycles. The fraction of sp³-hybridized carbons (Fsp3) is 0.381. The molecule has 3 rings (SSSR count). The molecule has 4 nitrogen and oxygen atoms in total. The number of urea groups is 1. The summed E-state index contributed by atoms with van der Waals surface area (Å²) in [5.74, 6) is -0.185. The highest BCUT2D eigenvalue weighted by Gasteiger charge is 2.20. The number of halogens is 1. The minimum absolute atomic E-state index is 0.0137. The van der Waals surface area contributed by atoms with Crippen LogP contribution in [0.3, 0.4) is 0 Å². The predicted molar refractivity (Wildman–Crippen MR) is 101 cm³/mol. The van der Waals surface area contributed by atoms with Crippen molar-refractivity contribution in [1.29, 1.82) is 0 Å². The van der Waals surface area contributed by atoms with Crippen LogP contribution in [0.5, 0.6) is 0 Å². The average Bonchev–Trinajstić information content (AvgIpc) is 2.69. The standard InChI is InChI=1S/C21H26FN3O/c22-20-10-8-18(9-11-20)7-4-12-24-13-15-25(16-14-24)21(26)23-17-19-5-2-1-3-6-19/h1-3,5-6,8-11H,4,7,12-17H2,(H,23,26). The van der Waals surface area contributed by atoms with E-state index in [9.17, 15) is 9.18 Å². The SMILES string of the molecule is O=C(NCc1ccccc1)N1CCN(CCCc2ccc(F)cc2)CC1. The van der Waals surface area contributed by atoms with Crippen molar-refractivity contribution in [1.82, 2.24) is 15.1 Å². The molecule has 0 unspecified atom stereocenters. The molecule has 0 saturated carbocycles. The van der Waals surface area contributed by atoms with Gasteiger partial charge in [-0.15, -0.1) is 0 Å². The van der Waals surface area contributed by atoms with Gasteiger partial charge in [-0.25, -0.2) is 9.18 Å². The number of rotatable bonds is 6. The molecule has 26 heavy (non-hydrogen) atoms. The van der Waals surface area contributed by atoms with E-state index in [1.165, 1.54) is 17.7 Å². The van der Waals surface area contributed by atoms with Crippen LogP contribution in [-0.4, -0.2) is 48.6 Å². The van der Waals surface area contributed by atoms with Crippen molar-refractivity contribution >= 4 is 6.03 Å². The Morgan fingerprint density at radius 1 is 0.923 bits per heavy atom. The molecule has 0 spiro atoms. The molecular formula is C21H26FN3O. The van der Waals surface area contributed by atoms with Gasteiger partial charge < -0.3 is 10.2 Å². The second-order valence-corrected chi connectivity index (χ2v) is 6.70. The predicted octanol–water partition coefficient (Wildman–Crippen LogP) is 3.29. The molecule has 1 aliphatic heterocycles. The highest BCUT2D eigenvalue weighted by Crippen LogP contribution is 2.08.